The SMILES string of the molecule is CC[C@@H]1C(O)N(C)c2cnc(Nc3ccc(C(=O)NCCN4CCN(CC5CCN(c6ncc(C(=O)NC7C(C)(C)C(Oc8ccc(C#N)c(Cl)c8)C7(C)C)cn6)CC5)CC4)cc3OC)nc2N1C1CCCC1. The van der Waals surface area contributed by atoms with Crippen molar-refractivity contribution in [2.45, 2.75) is 110 Å². The quantitative estimate of drug-likeness (QED) is 0.0922. The van der Waals surface area contributed by atoms with Crippen molar-refractivity contribution in [2.24, 2.45) is 16.7 Å². The lowest BCUT2D eigenvalue weighted by Crippen LogP contribution is -2.74. The number of hydrogen-bond acceptors (Lipinski definition) is 16. The molecule has 5 aliphatic rings. The molecule has 4 fully saturated rings. The second-order valence-corrected chi connectivity index (χ2v) is 22.1. The Labute approximate surface area is 434 Å². The van der Waals surface area contributed by atoms with Gasteiger partial charge >= 0.3 is 0 Å². The minimum atomic E-state index is -0.639. The fourth-order valence-corrected chi connectivity index (χ4v) is 12.6. The van der Waals surface area contributed by atoms with E-state index in [9.17, 15) is 20.0 Å². The number of rotatable bonds is 16. The third-order valence-corrected chi connectivity index (χ3v) is 16.6. The van der Waals surface area contributed by atoms with Crippen molar-refractivity contribution < 1.29 is 24.2 Å². The van der Waals surface area contributed by atoms with Crippen LogP contribution in [-0.2, 0) is 0 Å². The number of methoxy groups -OCH3 is 1. The lowest BCUT2D eigenvalue weighted by molar-refractivity contribution is -0.164. The first-order valence-corrected chi connectivity index (χ1v) is 26.5. The van der Waals surface area contributed by atoms with Crippen LogP contribution >= 0.6 is 11.6 Å². The van der Waals surface area contributed by atoms with Gasteiger partial charge in [0.25, 0.3) is 11.8 Å². The van der Waals surface area contributed by atoms with Gasteiger partial charge in [-0.25, -0.2) is 15.0 Å². The molecule has 1 unspecified atom stereocenters. The molecule has 0 bridgehead atoms. The van der Waals surface area contributed by atoms with E-state index < -0.39 is 6.23 Å². The number of nitriles is 1. The highest BCUT2D eigenvalue weighted by molar-refractivity contribution is 6.31. The number of piperazine rings is 1. The molecule has 2 amide bonds. The maximum atomic E-state index is 13.5. The first-order valence-electron chi connectivity index (χ1n) is 26.1. The Kier molecular flexibility index (Phi) is 15.5. The van der Waals surface area contributed by atoms with Crippen molar-refractivity contribution in [3.63, 3.8) is 0 Å². The van der Waals surface area contributed by atoms with Crippen LogP contribution in [-0.4, -0.2) is 150 Å². The van der Waals surface area contributed by atoms with Crippen molar-refractivity contribution >= 4 is 52.5 Å². The van der Waals surface area contributed by atoms with Crippen LogP contribution in [0.15, 0.2) is 55.0 Å². The highest BCUT2D eigenvalue weighted by atomic mass is 35.5. The Morgan fingerprint density at radius 1 is 0.890 bits per heavy atom. The summed E-state index contributed by atoms with van der Waals surface area (Å²) in [7, 11) is 3.48. The second-order valence-electron chi connectivity index (χ2n) is 21.7. The Morgan fingerprint density at radius 3 is 2.25 bits per heavy atom. The van der Waals surface area contributed by atoms with Gasteiger partial charge in [0.15, 0.2) is 5.82 Å². The molecular weight excluding hydrogens is 946 g/mol. The average molecular weight is 1020 g/mol. The van der Waals surface area contributed by atoms with Crippen molar-refractivity contribution in [1.29, 1.82) is 5.26 Å². The predicted octanol–water partition coefficient (Wildman–Crippen LogP) is 6.72. The number of carbonyl (C=O) groups is 2. The molecule has 0 spiro atoms. The molecule has 4 aromatic rings. The number of carbonyl (C=O) groups excluding carboxylic acids is 2. The molecule has 2 saturated carbocycles. The van der Waals surface area contributed by atoms with Gasteiger partial charge in [-0.1, -0.05) is 59.1 Å². The Balaban J connectivity index is 0.686. The highest BCUT2D eigenvalue weighted by Crippen LogP contribution is 2.56. The largest absolute Gasteiger partial charge is 0.495 e. The fourth-order valence-electron chi connectivity index (χ4n) is 12.4. The van der Waals surface area contributed by atoms with E-state index in [1.807, 2.05) is 18.0 Å². The Hall–Kier alpha value is -6.00. The van der Waals surface area contributed by atoms with Gasteiger partial charge in [0.05, 0.1) is 41.2 Å². The molecule has 19 heteroatoms. The number of amides is 2. The maximum Gasteiger partial charge on any atom is 0.254 e. The zero-order valence-corrected chi connectivity index (χ0v) is 44.2. The van der Waals surface area contributed by atoms with Gasteiger partial charge in [0, 0.05) is 113 Å². The van der Waals surface area contributed by atoms with Crippen LogP contribution in [0.3, 0.4) is 0 Å². The number of halogens is 1. The van der Waals surface area contributed by atoms with Crippen molar-refractivity contribution in [3.05, 3.63) is 76.7 Å². The number of hydrogen-bond donors (Lipinski definition) is 4. The molecule has 2 aromatic carbocycles. The molecule has 2 aliphatic carbocycles. The van der Waals surface area contributed by atoms with Gasteiger partial charge < -0.3 is 50.1 Å². The number of aliphatic hydroxyl groups is 1. The Bertz CT molecular complexity index is 2630. The molecule has 9 rings (SSSR count). The molecule has 18 nitrogen and oxygen atoms in total. The van der Waals surface area contributed by atoms with Crippen molar-refractivity contribution in [1.82, 2.24) is 40.4 Å². The number of nitrogens with zero attached hydrogens (tertiary/aromatic N) is 10. The third kappa shape index (κ3) is 10.8. The number of likely N-dealkylation sites (N-methyl/N-ethyl adjacent to an activating group) is 1. The third-order valence-electron chi connectivity index (χ3n) is 16.2. The molecule has 2 aromatic heterocycles. The standard InChI is InChI=1S/C54H72ClN13O5/c1-8-42-48(71)64(6)43-32-58-51(62-45(43)68(42)38-11-9-10-12-38)61-41-16-14-35(27-44(41)72-7)46(69)57-19-22-65-23-25-66(26-24-65)33-34-17-20-67(21-18-34)52-59-30-37(31-60-52)47(70)63-49-53(2,3)50(54(49,4)5)73-39-15-13-36(29-56)40(55)28-39/h13-16,27-28,30-32,34,38,42,48-50,71H,8-12,17-26,33H2,1-7H3,(H,57,69)(H,63,70)(H,58,61,62)/t42-,48?,49?,50?/m1/s1. The van der Waals surface area contributed by atoms with E-state index in [1.54, 1.807) is 56.0 Å². The normalized spacial score (nSPS) is 23.3. The average Bonchev–Trinajstić information content (AvgIpc) is 3.93. The zero-order chi connectivity index (χ0) is 51.6. The summed E-state index contributed by atoms with van der Waals surface area (Å²) in [5.74, 6) is 3.22. The molecule has 3 aliphatic heterocycles. The van der Waals surface area contributed by atoms with Crippen LogP contribution in [0.4, 0.5) is 29.1 Å². The highest BCUT2D eigenvalue weighted by Gasteiger charge is 2.64. The summed E-state index contributed by atoms with van der Waals surface area (Å²) in [4.78, 5) is 57.1. The van der Waals surface area contributed by atoms with Gasteiger partial charge in [-0.15, -0.1) is 0 Å². The van der Waals surface area contributed by atoms with Crippen LogP contribution in [0, 0.1) is 28.1 Å². The summed E-state index contributed by atoms with van der Waals surface area (Å²) in [5.41, 5.74) is 2.02. The number of aromatic nitrogens is 4. The molecular formula is C54H72ClN13O5. The van der Waals surface area contributed by atoms with Crippen LogP contribution in [0.25, 0.3) is 0 Å². The van der Waals surface area contributed by atoms with Gasteiger partial charge in [-0.3, -0.25) is 14.5 Å². The van der Waals surface area contributed by atoms with E-state index in [2.05, 4.69) is 91.2 Å². The van der Waals surface area contributed by atoms with E-state index in [4.69, 9.17) is 26.1 Å². The lowest BCUT2D eigenvalue weighted by atomic mass is 9.49. The van der Waals surface area contributed by atoms with Gasteiger partial charge in [-0.2, -0.15) is 10.2 Å². The van der Waals surface area contributed by atoms with Gasteiger partial charge in [0.2, 0.25) is 11.9 Å². The smallest absolute Gasteiger partial charge is 0.254 e. The number of ether oxygens (including phenoxy) is 2. The molecule has 4 N–H and O–H groups in total. The van der Waals surface area contributed by atoms with E-state index in [1.165, 1.54) is 12.8 Å². The molecule has 5 heterocycles. The first kappa shape index (κ1) is 51.9. The molecule has 73 heavy (non-hydrogen) atoms. The minimum Gasteiger partial charge on any atom is -0.495 e. The van der Waals surface area contributed by atoms with E-state index in [0.29, 0.717) is 69.3 Å². The fraction of sp³-hybridized carbons (Fsp3) is 0.574. The lowest BCUT2D eigenvalue weighted by Gasteiger charge is -2.63. The summed E-state index contributed by atoms with van der Waals surface area (Å²) in [6, 6.07) is 12.6. The van der Waals surface area contributed by atoms with Crippen LogP contribution in [0.1, 0.15) is 106 Å². The molecule has 0 radical (unpaired) electrons. The van der Waals surface area contributed by atoms with Gasteiger partial charge in [-0.05, 0) is 68.4 Å². The summed E-state index contributed by atoms with van der Waals surface area (Å²) in [5, 5.41) is 30.5. The van der Waals surface area contributed by atoms with Crippen molar-refractivity contribution in [2.75, 3.05) is 93.1 Å². The predicted molar refractivity (Wildman–Crippen MR) is 283 cm³/mol. The van der Waals surface area contributed by atoms with Crippen LogP contribution in [0.5, 0.6) is 11.5 Å². The number of nitrogens with one attached hydrogen (secondary N) is 3. The first-order chi connectivity index (χ1) is 35.1. The molecule has 2 atom stereocenters. The summed E-state index contributed by atoms with van der Waals surface area (Å²) in [6.45, 7) is 18.4. The van der Waals surface area contributed by atoms with E-state index in [0.717, 1.165) is 96.0 Å². The molecule has 390 valence electrons. The number of anilines is 5. The number of piperidine rings is 1. The van der Waals surface area contributed by atoms with Gasteiger partial charge in [0.1, 0.15) is 35.6 Å². The van der Waals surface area contributed by atoms with E-state index in [-0.39, 0.29) is 40.8 Å². The Morgan fingerprint density at radius 2 is 1.59 bits per heavy atom. The maximum absolute atomic E-state index is 13.5. The van der Waals surface area contributed by atoms with E-state index >= 15 is 0 Å². The monoisotopic (exact) mass is 1020 g/mol. The summed E-state index contributed by atoms with van der Waals surface area (Å²) in [6.07, 6.45) is 11.6. The number of benzene rings is 2. The van der Waals surface area contributed by atoms with Crippen LogP contribution < -0.4 is 40.1 Å². The summed E-state index contributed by atoms with van der Waals surface area (Å²) < 4.78 is 12.1. The zero-order valence-electron chi connectivity index (χ0n) is 43.4. The topological polar surface area (TPSA) is 200 Å². The number of aliphatic hydroxyl groups excluding tert-OH is 1. The van der Waals surface area contributed by atoms with Crippen LogP contribution in [0.2, 0.25) is 5.02 Å². The van der Waals surface area contributed by atoms with Crippen molar-refractivity contribution in [3.8, 4) is 17.6 Å². The number of fused-ring (bicyclic) bond motifs is 1. The molecule has 2 saturated heterocycles. The minimum absolute atomic E-state index is 0.0662. The second kappa shape index (κ2) is 21.8. The summed E-state index contributed by atoms with van der Waals surface area (Å²) >= 11 is 6.27.